The topological polar surface area (TPSA) is 73.1 Å². The number of H-pyrrole nitrogens is 1. The van der Waals surface area contributed by atoms with Crippen molar-refractivity contribution in [2.75, 3.05) is 7.11 Å². The monoisotopic (exact) mass is 301 g/mol. The van der Waals surface area contributed by atoms with Crippen LogP contribution in [0.5, 0.6) is 5.75 Å². The highest BCUT2D eigenvalue weighted by Crippen LogP contribution is 2.24. The lowest BCUT2D eigenvalue weighted by atomic mass is 10.1. The minimum absolute atomic E-state index is 0.377. The first kappa shape index (κ1) is 14.4. The molecule has 6 heteroatoms. The molecule has 0 saturated heterocycles. The van der Waals surface area contributed by atoms with Gasteiger partial charge >= 0.3 is 5.76 Å². The van der Waals surface area contributed by atoms with Crippen LogP contribution in [0.2, 0.25) is 0 Å². The Kier molecular flexibility index (Phi) is 4.00. The molecule has 0 aliphatic carbocycles. The summed E-state index contributed by atoms with van der Waals surface area (Å²) in [5.74, 6) is 0.931. The molecule has 22 heavy (non-hydrogen) atoms. The van der Waals surface area contributed by atoms with E-state index in [0.29, 0.717) is 18.9 Å². The predicted molar refractivity (Wildman–Crippen MR) is 83.3 cm³/mol. The highest BCUT2D eigenvalue weighted by molar-refractivity contribution is 5.84. The molecule has 0 spiro atoms. The lowest BCUT2D eigenvalue weighted by Crippen LogP contribution is -2.15. The predicted octanol–water partition coefficient (Wildman–Crippen LogP) is 2.52. The van der Waals surface area contributed by atoms with Crippen molar-refractivity contribution < 1.29 is 9.15 Å². The van der Waals surface area contributed by atoms with Crippen LogP contribution in [0.4, 0.5) is 0 Å². The Balaban J connectivity index is 1.79. The normalized spacial score (nSPS) is 11.2. The number of benzene rings is 1. The van der Waals surface area contributed by atoms with Gasteiger partial charge in [-0.25, -0.2) is 4.79 Å². The van der Waals surface area contributed by atoms with Gasteiger partial charge in [-0.1, -0.05) is 6.92 Å². The smallest absolute Gasteiger partial charge is 0.437 e. The minimum Gasteiger partial charge on any atom is -0.497 e. The number of hydrogen-bond donors (Lipinski definition) is 1. The van der Waals surface area contributed by atoms with E-state index in [2.05, 4.69) is 10.1 Å². The van der Waals surface area contributed by atoms with Crippen LogP contribution in [0.15, 0.2) is 33.6 Å². The fraction of sp³-hybridized carbons (Fsp3) is 0.375. The third kappa shape index (κ3) is 2.77. The molecule has 0 atom stereocenters. The van der Waals surface area contributed by atoms with Crippen molar-refractivity contribution >= 4 is 10.9 Å². The van der Waals surface area contributed by atoms with E-state index in [1.165, 1.54) is 4.68 Å². The third-order valence-corrected chi connectivity index (χ3v) is 3.67. The zero-order chi connectivity index (χ0) is 15.5. The van der Waals surface area contributed by atoms with Crippen molar-refractivity contribution in [2.24, 2.45) is 0 Å². The Morgan fingerprint density at radius 1 is 1.36 bits per heavy atom. The Labute approximate surface area is 127 Å². The Morgan fingerprint density at radius 3 is 3.00 bits per heavy atom. The average Bonchev–Trinajstić information content (AvgIpc) is 3.09. The number of methoxy groups -OCH3 is 1. The molecule has 0 fully saturated rings. The molecule has 0 saturated carbocycles. The second-order valence-electron chi connectivity index (χ2n) is 5.21. The summed E-state index contributed by atoms with van der Waals surface area (Å²) in [6.45, 7) is 2.59. The summed E-state index contributed by atoms with van der Waals surface area (Å²) in [6, 6.07) is 5.93. The molecule has 2 aromatic heterocycles. The summed E-state index contributed by atoms with van der Waals surface area (Å²) < 4.78 is 11.8. The Hall–Kier alpha value is -2.50. The van der Waals surface area contributed by atoms with Crippen LogP contribution < -0.4 is 10.5 Å². The zero-order valence-corrected chi connectivity index (χ0v) is 12.8. The SMILES string of the molecule is CCCn1nc(CCc2c[nH]c3ccc(OC)cc23)oc1=O. The molecule has 6 nitrogen and oxygen atoms in total. The quantitative estimate of drug-likeness (QED) is 0.759. The molecule has 0 bridgehead atoms. The van der Waals surface area contributed by atoms with Gasteiger partial charge in [-0.3, -0.25) is 0 Å². The van der Waals surface area contributed by atoms with Gasteiger partial charge in [0.05, 0.1) is 7.11 Å². The molecular formula is C16H19N3O3. The summed E-state index contributed by atoms with van der Waals surface area (Å²) in [4.78, 5) is 14.8. The van der Waals surface area contributed by atoms with Crippen molar-refractivity contribution in [1.82, 2.24) is 14.8 Å². The first-order valence-corrected chi connectivity index (χ1v) is 7.42. The number of aryl methyl sites for hydroxylation is 3. The van der Waals surface area contributed by atoms with Crippen molar-refractivity contribution in [3.8, 4) is 5.75 Å². The van der Waals surface area contributed by atoms with Gasteiger partial charge in [-0.15, -0.1) is 5.10 Å². The second-order valence-corrected chi connectivity index (χ2v) is 5.21. The van der Waals surface area contributed by atoms with Crippen LogP contribution >= 0.6 is 0 Å². The standard InChI is InChI=1S/C16H19N3O3/c1-3-8-19-16(20)22-15(18-19)7-4-11-10-17-14-6-5-12(21-2)9-13(11)14/h5-6,9-10,17H,3-4,7-8H2,1-2H3. The largest absolute Gasteiger partial charge is 0.497 e. The summed E-state index contributed by atoms with van der Waals surface area (Å²) in [5, 5.41) is 5.34. The highest BCUT2D eigenvalue weighted by atomic mass is 16.5. The van der Waals surface area contributed by atoms with Crippen molar-refractivity contribution in [3.05, 3.63) is 46.4 Å². The molecule has 116 valence electrons. The molecule has 0 unspecified atom stereocenters. The van der Waals surface area contributed by atoms with Crippen LogP contribution in [0.3, 0.4) is 0 Å². The summed E-state index contributed by atoms with van der Waals surface area (Å²) in [6.07, 6.45) is 4.18. The van der Waals surface area contributed by atoms with Crippen molar-refractivity contribution in [2.45, 2.75) is 32.7 Å². The molecule has 0 aliphatic heterocycles. The van der Waals surface area contributed by atoms with Gasteiger partial charge in [0.15, 0.2) is 0 Å². The van der Waals surface area contributed by atoms with Crippen LogP contribution in [0, 0.1) is 0 Å². The van der Waals surface area contributed by atoms with E-state index >= 15 is 0 Å². The van der Waals surface area contributed by atoms with Gasteiger partial charge in [0.1, 0.15) is 5.75 Å². The van der Waals surface area contributed by atoms with Crippen LogP contribution in [-0.4, -0.2) is 21.9 Å². The number of rotatable bonds is 6. The van der Waals surface area contributed by atoms with E-state index < -0.39 is 0 Å². The number of nitrogens with zero attached hydrogens (tertiary/aromatic N) is 2. The van der Waals surface area contributed by atoms with E-state index in [-0.39, 0.29) is 5.76 Å². The molecule has 1 N–H and O–H groups in total. The molecule has 0 radical (unpaired) electrons. The maximum Gasteiger partial charge on any atom is 0.437 e. The van der Waals surface area contributed by atoms with Gasteiger partial charge < -0.3 is 14.1 Å². The van der Waals surface area contributed by atoms with Crippen molar-refractivity contribution in [1.29, 1.82) is 0 Å². The molecule has 3 rings (SSSR count). The lowest BCUT2D eigenvalue weighted by molar-refractivity contribution is 0.415. The molecule has 1 aromatic carbocycles. The number of aromatic amines is 1. The maximum absolute atomic E-state index is 11.6. The number of aromatic nitrogens is 3. The van der Waals surface area contributed by atoms with E-state index in [1.54, 1.807) is 7.11 Å². The number of nitrogens with one attached hydrogen (secondary N) is 1. The lowest BCUT2D eigenvalue weighted by Gasteiger charge is -2.01. The molecular weight excluding hydrogens is 282 g/mol. The van der Waals surface area contributed by atoms with Gasteiger partial charge in [0, 0.05) is 30.1 Å². The third-order valence-electron chi connectivity index (χ3n) is 3.67. The van der Waals surface area contributed by atoms with E-state index in [9.17, 15) is 4.79 Å². The van der Waals surface area contributed by atoms with Crippen LogP contribution in [0.1, 0.15) is 24.8 Å². The van der Waals surface area contributed by atoms with Crippen LogP contribution in [0.25, 0.3) is 10.9 Å². The molecule has 0 amide bonds. The van der Waals surface area contributed by atoms with Gasteiger partial charge in [-0.2, -0.15) is 4.68 Å². The average molecular weight is 301 g/mol. The van der Waals surface area contributed by atoms with E-state index in [0.717, 1.165) is 35.1 Å². The number of ether oxygens (including phenoxy) is 1. The molecule has 0 aliphatic rings. The van der Waals surface area contributed by atoms with E-state index in [4.69, 9.17) is 9.15 Å². The zero-order valence-electron chi connectivity index (χ0n) is 12.8. The first-order chi connectivity index (χ1) is 10.7. The highest BCUT2D eigenvalue weighted by Gasteiger charge is 2.10. The fourth-order valence-electron chi connectivity index (χ4n) is 2.54. The number of hydrogen-bond acceptors (Lipinski definition) is 4. The fourth-order valence-corrected chi connectivity index (χ4v) is 2.54. The number of fused-ring (bicyclic) bond motifs is 1. The van der Waals surface area contributed by atoms with E-state index in [1.807, 2.05) is 31.3 Å². The second kappa shape index (κ2) is 6.09. The Morgan fingerprint density at radius 2 is 2.23 bits per heavy atom. The first-order valence-electron chi connectivity index (χ1n) is 7.42. The summed E-state index contributed by atoms with van der Waals surface area (Å²) >= 11 is 0. The molecule has 2 heterocycles. The minimum atomic E-state index is -0.377. The van der Waals surface area contributed by atoms with Crippen LogP contribution in [-0.2, 0) is 19.4 Å². The summed E-state index contributed by atoms with van der Waals surface area (Å²) in [5.41, 5.74) is 2.22. The van der Waals surface area contributed by atoms with Crippen molar-refractivity contribution in [3.63, 3.8) is 0 Å². The molecule has 3 aromatic rings. The Bertz CT molecular complexity index is 829. The van der Waals surface area contributed by atoms with Gasteiger partial charge in [0.25, 0.3) is 0 Å². The van der Waals surface area contributed by atoms with Gasteiger partial charge in [0.2, 0.25) is 5.89 Å². The maximum atomic E-state index is 11.6. The van der Waals surface area contributed by atoms with Gasteiger partial charge in [-0.05, 0) is 36.6 Å². The summed E-state index contributed by atoms with van der Waals surface area (Å²) in [7, 11) is 1.66.